The average Bonchev–Trinajstić information content (AvgIpc) is 2.38. The van der Waals surface area contributed by atoms with E-state index in [9.17, 15) is 4.79 Å². The fraction of sp³-hybridized carbons (Fsp3) is 0.154. The van der Waals surface area contributed by atoms with Gasteiger partial charge in [-0.3, -0.25) is 0 Å². The van der Waals surface area contributed by atoms with Gasteiger partial charge >= 0.3 is 5.97 Å². The van der Waals surface area contributed by atoms with E-state index in [1.807, 2.05) is 25.1 Å². The summed E-state index contributed by atoms with van der Waals surface area (Å²) in [5, 5.41) is 19.9. The third-order valence-electron chi connectivity index (χ3n) is 2.45. The van der Waals surface area contributed by atoms with E-state index in [0.29, 0.717) is 12.4 Å². The summed E-state index contributed by atoms with van der Waals surface area (Å²) in [5.74, 6) is -0.256. The number of aromatic carboxylic acids is 1. The highest BCUT2D eigenvalue weighted by Crippen LogP contribution is 2.08. The zero-order valence-corrected chi connectivity index (χ0v) is 9.92. The number of benzene rings is 1. The zero-order valence-electron chi connectivity index (χ0n) is 9.92. The van der Waals surface area contributed by atoms with Gasteiger partial charge < -0.3 is 10.4 Å². The molecule has 2 rings (SSSR count). The number of nitrogens with zero attached hydrogens (tertiary/aromatic N) is 2. The Kier molecular flexibility index (Phi) is 3.52. The summed E-state index contributed by atoms with van der Waals surface area (Å²) in [6, 6.07) is 10.5. The molecule has 0 spiro atoms. The van der Waals surface area contributed by atoms with Gasteiger partial charge in [-0.2, -0.15) is 5.10 Å². The molecule has 5 nitrogen and oxygen atoms in total. The van der Waals surface area contributed by atoms with Gasteiger partial charge in [-0.15, -0.1) is 5.10 Å². The molecule has 5 heteroatoms. The Hall–Kier alpha value is -2.43. The predicted molar refractivity (Wildman–Crippen MR) is 67.5 cm³/mol. The topological polar surface area (TPSA) is 75.1 Å². The molecule has 0 radical (unpaired) electrons. The van der Waals surface area contributed by atoms with E-state index in [2.05, 4.69) is 15.5 Å². The first kappa shape index (κ1) is 12.0. The highest BCUT2D eigenvalue weighted by molar-refractivity contribution is 5.87. The molecule has 0 bridgehead atoms. The summed E-state index contributed by atoms with van der Waals surface area (Å²) >= 11 is 0. The van der Waals surface area contributed by atoms with Crippen LogP contribution in [0.15, 0.2) is 36.4 Å². The maximum absolute atomic E-state index is 10.8. The second kappa shape index (κ2) is 5.27. The van der Waals surface area contributed by atoms with Crippen LogP contribution in [0.3, 0.4) is 0 Å². The van der Waals surface area contributed by atoms with Crippen LogP contribution in [0, 0.1) is 6.92 Å². The van der Waals surface area contributed by atoms with Crippen LogP contribution in [0.5, 0.6) is 0 Å². The Balaban J connectivity index is 2.04. The molecule has 1 heterocycles. The van der Waals surface area contributed by atoms with Gasteiger partial charge in [0.1, 0.15) is 5.82 Å². The number of aromatic nitrogens is 2. The highest BCUT2D eigenvalue weighted by atomic mass is 16.4. The Morgan fingerprint density at radius 2 is 2.11 bits per heavy atom. The number of hydrogen-bond donors (Lipinski definition) is 2. The van der Waals surface area contributed by atoms with Crippen molar-refractivity contribution in [3.8, 4) is 0 Å². The van der Waals surface area contributed by atoms with Gasteiger partial charge in [-0.25, -0.2) is 4.79 Å². The monoisotopic (exact) mass is 243 g/mol. The minimum atomic E-state index is -0.924. The van der Waals surface area contributed by atoms with Crippen molar-refractivity contribution in [2.75, 3.05) is 5.32 Å². The number of carboxylic acids is 1. The maximum atomic E-state index is 10.8. The number of rotatable bonds is 4. The van der Waals surface area contributed by atoms with E-state index in [0.717, 1.165) is 11.3 Å². The minimum absolute atomic E-state index is 0.282. The van der Waals surface area contributed by atoms with Gasteiger partial charge in [0.05, 0.1) is 11.3 Å². The van der Waals surface area contributed by atoms with Crippen molar-refractivity contribution in [3.05, 3.63) is 53.2 Å². The van der Waals surface area contributed by atoms with E-state index in [-0.39, 0.29) is 5.56 Å². The molecular weight excluding hydrogens is 230 g/mol. The molecular formula is C13H13N3O2. The number of anilines is 1. The van der Waals surface area contributed by atoms with Crippen LogP contribution in [0.4, 0.5) is 5.82 Å². The summed E-state index contributed by atoms with van der Waals surface area (Å²) in [6.07, 6.45) is 0. The Morgan fingerprint density at radius 3 is 2.78 bits per heavy atom. The lowest BCUT2D eigenvalue weighted by Gasteiger charge is -2.05. The number of carbonyl (C=O) groups is 1. The van der Waals surface area contributed by atoms with E-state index in [4.69, 9.17) is 5.11 Å². The molecule has 0 amide bonds. The van der Waals surface area contributed by atoms with Crippen LogP contribution < -0.4 is 5.32 Å². The zero-order chi connectivity index (χ0) is 13.0. The van der Waals surface area contributed by atoms with E-state index >= 15 is 0 Å². The van der Waals surface area contributed by atoms with E-state index in [1.54, 1.807) is 18.2 Å². The van der Waals surface area contributed by atoms with Gasteiger partial charge in [0.15, 0.2) is 0 Å². The molecule has 0 aliphatic rings. The lowest BCUT2D eigenvalue weighted by atomic mass is 10.1. The van der Waals surface area contributed by atoms with Crippen LogP contribution in [-0.4, -0.2) is 21.3 Å². The van der Waals surface area contributed by atoms with Crippen LogP contribution >= 0.6 is 0 Å². The molecule has 0 atom stereocenters. The van der Waals surface area contributed by atoms with E-state index in [1.165, 1.54) is 0 Å². The number of nitrogens with one attached hydrogen (secondary N) is 1. The summed E-state index contributed by atoms with van der Waals surface area (Å²) < 4.78 is 0. The van der Waals surface area contributed by atoms with Crippen molar-refractivity contribution in [3.63, 3.8) is 0 Å². The predicted octanol–water partition coefficient (Wildman–Crippen LogP) is 2.10. The second-order valence-corrected chi connectivity index (χ2v) is 3.92. The van der Waals surface area contributed by atoms with Crippen molar-refractivity contribution in [2.24, 2.45) is 0 Å². The normalized spacial score (nSPS) is 10.1. The van der Waals surface area contributed by atoms with Gasteiger partial charge in [-0.05, 0) is 36.8 Å². The molecule has 2 aromatic rings. The molecule has 0 aliphatic carbocycles. The first-order chi connectivity index (χ1) is 8.65. The summed E-state index contributed by atoms with van der Waals surface area (Å²) in [4.78, 5) is 10.8. The Labute approximate surface area is 104 Å². The van der Waals surface area contributed by atoms with Crippen molar-refractivity contribution in [1.82, 2.24) is 10.2 Å². The van der Waals surface area contributed by atoms with Gasteiger partial charge in [-0.1, -0.05) is 12.1 Å². The van der Waals surface area contributed by atoms with Crippen LogP contribution in [0.2, 0.25) is 0 Å². The Morgan fingerprint density at radius 1 is 1.28 bits per heavy atom. The maximum Gasteiger partial charge on any atom is 0.335 e. The van der Waals surface area contributed by atoms with Gasteiger partial charge in [0.2, 0.25) is 0 Å². The van der Waals surface area contributed by atoms with E-state index < -0.39 is 5.97 Å². The molecule has 2 N–H and O–H groups in total. The summed E-state index contributed by atoms with van der Waals surface area (Å²) in [7, 11) is 0. The molecule has 0 fully saturated rings. The molecule has 1 aromatic heterocycles. The summed E-state index contributed by atoms with van der Waals surface area (Å²) in [6.45, 7) is 2.38. The van der Waals surface area contributed by atoms with Crippen molar-refractivity contribution < 1.29 is 9.90 Å². The second-order valence-electron chi connectivity index (χ2n) is 3.92. The molecule has 0 aliphatic heterocycles. The van der Waals surface area contributed by atoms with Crippen molar-refractivity contribution >= 4 is 11.8 Å². The van der Waals surface area contributed by atoms with Crippen LogP contribution in [0.25, 0.3) is 0 Å². The molecule has 1 aromatic carbocycles. The minimum Gasteiger partial charge on any atom is -0.478 e. The fourth-order valence-corrected chi connectivity index (χ4v) is 1.50. The van der Waals surface area contributed by atoms with Gasteiger partial charge in [0, 0.05) is 6.54 Å². The third-order valence-corrected chi connectivity index (χ3v) is 2.45. The third kappa shape index (κ3) is 3.04. The standard InChI is InChI=1S/C13H13N3O2/c1-9-5-6-12(16-15-9)14-8-10-3-2-4-11(7-10)13(17)18/h2-7H,8H2,1H3,(H,14,16)(H,17,18). The molecule has 0 saturated carbocycles. The molecule has 18 heavy (non-hydrogen) atoms. The number of carboxylic acid groups (broad SMARTS) is 1. The number of hydrogen-bond acceptors (Lipinski definition) is 4. The smallest absolute Gasteiger partial charge is 0.335 e. The average molecular weight is 243 g/mol. The SMILES string of the molecule is Cc1ccc(NCc2cccc(C(=O)O)c2)nn1. The van der Waals surface area contributed by atoms with Crippen molar-refractivity contribution in [2.45, 2.75) is 13.5 Å². The lowest BCUT2D eigenvalue weighted by Crippen LogP contribution is -2.04. The van der Waals surface area contributed by atoms with Gasteiger partial charge in [0.25, 0.3) is 0 Å². The summed E-state index contributed by atoms with van der Waals surface area (Å²) in [5.41, 5.74) is 2.02. The first-order valence-electron chi connectivity index (χ1n) is 5.51. The van der Waals surface area contributed by atoms with Crippen molar-refractivity contribution in [1.29, 1.82) is 0 Å². The molecule has 0 unspecified atom stereocenters. The lowest BCUT2D eigenvalue weighted by molar-refractivity contribution is 0.0697. The molecule has 92 valence electrons. The molecule has 0 saturated heterocycles. The van der Waals surface area contributed by atoms with Crippen LogP contribution in [-0.2, 0) is 6.54 Å². The largest absolute Gasteiger partial charge is 0.478 e. The first-order valence-corrected chi connectivity index (χ1v) is 5.51. The Bertz CT molecular complexity index is 552. The highest BCUT2D eigenvalue weighted by Gasteiger charge is 2.03. The number of aryl methyl sites for hydroxylation is 1. The quantitative estimate of drug-likeness (QED) is 0.860. The fourth-order valence-electron chi connectivity index (χ4n) is 1.50. The van der Waals surface area contributed by atoms with Crippen LogP contribution in [0.1, 0.15) is 21.6 Å².